The molecule has 194 valence electrons. The van der Waals surface area contributed by atoms with E-state index in [4.69, 9.17) is 21.3 Å². The van der Waals surface area contributed by atoms with Gasteiger partial charge in [0, 0.05) is 18.2 Å². The van der Waals surface area contributed by atoms with E-state index in [2.05, 4.69) is 28.8 Å². The molecule has 0 aliphatic carbocycles. The van der Waals surface area contributed by atoms with Crippen LogP contribution in [0.25, 0.3) is 11.3 Å². The number of carbonyl (C=O) groups is 1. The summed E-state index contributed by atoms with van der Waals surface area (Å²) in [5.74, 6) is 0.491. The molecule has 2 N–H and O–H groups in total. The first kappa shape index (κ1) is 27.5. The number of hydrogen-bond donors (Lipinski definition) is 2. The summed E-state index contributed by atoms with van der Waals surface area (Å²) in [5, 5.41) is 6.31. The number of sulfonamides is 1. The number of benzene rings is 1. The zero-order chi connectivity index (χ0) is 26.5. The summed E-state index contributed by atoms with van der Waals surface area (Å²) in [6.07, 6.45) is 2.11. The lowest BCUT2D eigenvalue weighted by atomic mass is 10.1. The van der Waals surface area contributed by atoms with Gasteiger partial charge < -0.3 is 9.64 Å². The number of hydrogen-bond acceptors (Lipinski definition) is 7. The van der Waals surface area contributed by atoms with Crippen molar-refractivity contribution in [3.63, 3.8) is 0 Å². The number of aromatic amines is 1. The number of anilines is 1. The minimum Gasteiger partial charge on any atom is -0.492 e. The van der Waals surface area contributed by atoms with Gasteiger partial charge >= 0.3 is 0 Å². The smallest absolute Gasteiger partial charge is 0.281 e. The number of nitrogens with zero attached hydrogens (tertiary/aromatic N) is 3. The predicted octanol–water partition coefficient (Wildman–Crippen LogP) is 4.90. The molecule has 0 radical (unpaired) electrons. The third kappa shape index (κ3) is 6.36. The van der Waals surface area contributed by atoms with Crippen molar-refractivity contribution >= 4 is 33.3 Å². The van der Waals surface area contributed by atoms with Crippen molar-refractivity contribution in [1.29, 1.82) is 0 Å². The fourth-order valence-corrected chi connectivity index (χ4v) is 4.60. The van der Waals surface area contributed by atoms with Crippen LogP contribution in [-0.4, -0.2) is 48.7 Å². The standard InChI is InChI=1S/C25H32ClN5O4S/c1-6-17(5)31(7-2)24-19(25(32)30-36(33,34)23-12-13-27-29-23)9-11-21(28-24)18-8-10-20(26)22(14-18)35-15-16(3)4/h8-14,16-17H,6-7,15H2,1-5H3,(H,27,29)(H,30,32)/t17-/m1/s1. The highest BCUT2D eigenvalue weighted by atomic mass is 35.5. The van der Waals surface area contributed by atoms with Gasteiger partial charge in [-0.05, 0) is 56.5 Å². The Hall–Kier alpha value is -3.11. The monoisotopic (exact) mass is 533 g/mol. The molecule has 0 spiro atoms. The molecule has 11 heteroatoms. The minimum atomic E-state index is -4.12. The molecule has 3 aromatic rings. The molecule has 0 aliphatic heterocycles. The van der Waals surface area contributed by atoms with Crippen LogP contribution in [0.1, 0.15) is 51.4 Å². The normalized spacial score (nSPS) is 12.4. The Labute approximate surface area is 217 Å². The quantitative estimate of drug-likeness (QED) is 0.360. The summed E-state index contributed by atoms with van der Waals surface area (Å²) in [7, 11) is -4.12. The van der Waals surface area contributed by atoms with Crippen molar-refractivity contribution < 1.29 is 17.9 Å². The van der Waals surface area contributed by atoms with Gasteiger partial charge in [0.15, 0.2) is 5.03 Å². The highest BCUT2D eigenvalue weighted by Gasteiger charge is 2.26. The molecule has 0 saturated heterocycles. The van der Waals surface area contributed by atoms with E-state index >= 15 is 0 Å². The number of halogens is 1. The molecule has 0 fully saturated rings. The second-order valence-corrected chi connectivity index (χ2v) is 10.9. The van der Waals surface area contributed by atoms with E-state index in [9.17, 15) is 13.2 Å². The minimum absolute atomic E-state index is 0.0590. The van der Waals surface area contributed by atoms with E-state index in [0.29, 0.717) is 41.4 Å². The molecule has 0 aliphatic rings. The molecule has 36 heavy (non-hydrogen) atoms. The maximum atomic E-state index is 13.2. The van der Waals surface area contributed by atoms with E-state index in [0.717, 1.165) is 12.0 Å². The molecule has 2 aromatic heterocycles. The van der Waals surface area contributed by atoms with Crippen LogP contribution < -0.4 is 14.4 Å². The summed E-state index contributed by atoms with van der Waals surface area (Å²) < 4.78 is 33.2. The highest BCUT2D eigenvalue weighted by Crippen LogP contribution is 2.32. The molecule has 9 nitrogen and oxygen atoms in total. The lowest BCUT2D eigenvalue weighted by Gasteiger charge is -2.30. The van der Waals surface area contributed by atoms with Crippen LogP contribution >= 0.6 is 11.6 Å². The highest BCUT2D eigenvalue weighted by molar-refractivity contribution is 7.90. The Bertz CT molecular complexity index is 1300. The van der Waals surface area contributed by atoms with Crippen LogP contribution in [0, 0.1) is 5.92 Å². The Morgan fingerprint density at radius 3 is 2.53 bits per heavy atom. The number of carbonyl (C=O) groups excluding carboxylic acids is 1. The number of rotatable bonds is 11. The molecule has 0 saturated carbocycles. The SMILES string of the molecule is CC[C@@H](C)N(CC)c1nc(-c2ccc(Cl)c(OCC(C)C)c2)ccc1C(=O)NS(=O)(=O)c1ccn[nH]1. The van der Waals surface area contributed by atoms with Crippen LogP contribution in [0.4, 0.5) is 5.82 Å². The summed E-state index contributed by atoms with van der Waals surface area (Å²) in [6, 6.07) is 10.00. The second-order valence-electron chi connectivity index (χ2n) is 8.82. The topological polar surface area (TPSA) is 117 Å². The van der Waals surface area contributed by atoms with Crippen molar-refractivity contribution in [3.8, 4) is 17.0 Å². The van der Waals surface area contributed by atoms with Gasteiger partial charge in [0.2, 0.25) is 0 Å². The average Bonchev–Trinajstić information content (AvgIpc) is 3.39. The number of aromatic nitrogens is 3. The average molecular weight is 534 g/mol. The Balaban J connectivity index is 2.05. The maximum Gasteiger partial charge on any atom is 0.281 e. The predicted molar refractivity (Wildman–Crippen MR) is 141 cm³/mol. The Morgan fingerprint density at radius 1 is 1.17 bits per heavy atom. The van der Waals surface area contributed by atoms with Gasteiger partial charge in [0.1, 0.15) is 11.6 Å². The molecule has 1 atom stereocenters. The Morgan fingerprint density at radius 2 is 1.92 bits per heavy atom. The summed E-state index contributed by atoms with van der Waals surface area (Å²) in [6.45, 7) is 11.2. The summed E-state index contributed by atoms with van der Waals surface area (Å²) in [4.78, 5) is 20.0. The van der Waals surface area contributed by atoms with Crippen molar-refractivity contribution in [2.45, 2.75) is 52.1 Å². The summed E-state index contributed by atoms with van der Waals surface area (Å²) >= 11 is 6.33. The maximum absolute atomic E-state index is 13.2. The first-order valence-corrected chi connectivity index (χ1v) is 13.7. The molecule has 0 unspecified atom stereocenters. The number of H-pyrrole nitrogens is 1. The van der Waals surface area contributed by atoms with Crippen molar-refractivity contribution in [2.75, 3.05) is 18.1 Å². The van der Waals surface area contributed by atoms with E-state index in [1.165, 1.54) is 12.3 Å². The third-order valence-corrected chi connectivity index (χ3v) is 7.22. The van der Waals surface area contributed by atoms with Gasteiger partial charge in [0.05, 0.1) is 29.1 Å². The molecular weight excluding hydrogens is 502 g/mol. The summed E-state index contributed by atoms with van der Waals surface area (Å²) in [5.41, 5.74) is 1.51. The van der Waals surface area contributed by atoms with E-state index in [1.54, 1.807) is 18.2 Å². The van der Waals surface area contributed by atoms with Gasteiger partial charge in [-0.15, -0.1) is 0 Å². The van der Waals surface area contributed by atoms with Crippen molar-refractivity contribution in [3.05, 3.63) is 53.2 Å². The first-order valence-electron chi connectivity index (χ1n) is 11.8. The number of ether oxygens (including phenoxy) is 1. The van der Waals surface area contributed by atoms with Gasteiger partial charge in [-0.3, -0.25) is 9.89 Å². The number of pyridine rings is 1. The van der Waals surface area contributed by atoms with E-state index in [1.807, 2.05) is 37.8 Å². The lowest BCUT2D eigenvalue weighted by molar-refractivity contribution is 0.0981. The molecule has 0 bridgehead atoms. The van der Waals surface area contributed by atoms with Crippen LogP contribution in [0.2, 0.25) is 5.02 Å². The number of nitrogens with one attached hydrogen (secondary N) is 2. The van der Waals surface area contributed by atoms with Crippen LogP contribution in [-0.2, 0) is 10.0 Å². The van der Waals surface area contributed by atoms with E-state index in [-0.39, 0.29) is 16.6 Å². The fraction of sp³-hybridized carbons (Fsp3) is 0.400. The molecule has 3 rings (SSSR count). The zero-order valence-electron chi connectivity index (χ0n) is 21.1. The van der Waals surface area contributed by atoms with Crippen molar-refractivity contribution in [1.82, 2.24) is 19.9 Å². The molecular formula is C25H32ClN5O4S. The molecule has 2 heterocycles. The zero-order valence-corrected chi connectivity index (χ0v) is 22.7. The van der Waals surface area contributed by atoms with Gasteiger partial charge in [-0.2, -0.15) is 13.5 Å². The van der Waals surface area contributed by atoms with Crippen LogP contribution in [0.3, 0.4) is 0 Å². The number of amides is 1. The van der Waals surface area contributed by atoms with Crippen LogP contribution in [0.15, 0.2) is 47.6 Å². The van der Waals surface area contributed by atoms with E-state index < -0.39 is 15.9 Å². The fourth-order valence-electron chi connectivity index (χ4n) is 3.55. The van der Waals surface area contributed by atoms with Gasteiger partial charge in [-0.25, -0.2) is 9.71 Å². The third-order valence-electron chi connectivity index (χ3n) is 5.65. The second kappa shape index (κ2) is 11.7. The van der Waals surface area contributed by atoms with Crippen LogP contribution in [0.5, 0.6) is 5.75 Å². The van der Waals surface area contributed by atoms with Gasteiger partial charge in [0.25, 0.3) is 15.9 Å². The largest absolute Gasteiger partial charge is 0.492 e. The molecule has 1 aromatic carbocycles. The molecule has 1 amide bonds. The first-order chi connectivity index (χ1) is 17.1. The van der Waals surface area contributed by atoms with Gasteiger partial charge in [-0.1, -0.05) is 38.4 Å². The van der Waals surface area contributed by atoms with Crippen molar-refractivity contribution in [2.24, 2.45) is 5.92 Å². The Kier molecular flexibility index (Phi) is 8.97. The lowest BCUT2D eigenvalue weighted by Crippen LogP contribution is -2.37.